The Morgan fingerprint density at radius 2 is 1.39 bits per heavy atom. The van der Waals surface area contributed by atoms with Crippen LogP contribution in [0.4, 0.5) is 0 Å². The number of benzene rings is 4. The van der Waals surface area contributed by atoms with Crippen LogP contribution in [0.1, 0.15) is 138 Å². The van der Waals surface area contributed by atoms with Crippen molar-refractivity contribution in [2.45, 2.75) is 124 Å². The molecule has 9 rings (SSSR count). The summed E-state index contributed by atoms with van der Waals surface area (Å²) >= 11 is 0. The Balaban J connectivity index is 1.42. The number of hydrogen-bond acceptors (Lipinski definition) is 0. The Hall–Kier alpha value is -3.64. The molecule has 2 unspecified atom stereocenters. The van der Waals surface area contributed by atoms with Crippen molar-refractivity contribution in [2.75, 3.05) is 0 Å². The maximum atomic E-state index is 2.91. The third-order valence-electron chi connectivity index (χ3n) is 14.7. The molecular weight excluding hydrogens is 613 g/mol. The van der Waals surface area contributed by atoms with E-state index in [-0.39, 0.29) is 10.8 Å². The van der Waals surface area contributed by atoms with Crippen LogP contribution in [0.3, 0.4) is 0 Å². The van der Waals surface area contributed by atoms with Gasteiger partial charge in [0.25, 0.3) is 0 Å². The summed E-state index contributed by atoms with van der Waals surface area (Å²) in [5.41, 5.74) is 20.2. The second-order valence-corrected chi connectivity index (χ2v) is 17.4. The van der Waals surface area contributed by atoms with E-state index in [1.807, 2.05) is 0 Å². The van der Waals surface area contributed by atoms with Crippen LogP contribution in [0, 0.1) is 30.6 Å². The molecule has 0 amide bonds. The maximum absolute atomic E-state index is 2.91. The predicted molar refractivity (Wildman–Crippen MR) is 219 cm³/mol. The highest BCUT2D eigenvalue weighted by molar-refractivity contribution is 6.10. The Kier molecular flexibility index (Phi) is 7.96. The third kappa shape index (κ3) is 4.50. The molecule has 51 heavy (non-hydrogen) atoms. The van der Waals surface area contributed by atoms with Gasteiger partial charge in [0.1, 0.15) is 0 Å². The van der Waals surface area contributed by atoms with Crippen LogP contribution in [0.2, 0.25) is 0 Å². The molecular formula is C51H58. The average Bonchev–Trinajstić information content (AvgIpc) is 3.74. The Morgan fingerprint density at radius 3 is 2.12 bits per heavy atom. The molecule has 0 saturated heterocycles. The smallest absolute Gasteiger partial charge is 0.0474 e. The molecule has 5 aliphatic rings. The maximum Gasteiger partial charge on any atom is 0.0474 e. The van der Waals surface area contributed by atoms with E-state index >= 15 is 0 Å². The van der Waals surface area contributed by atoms with Gasteiger partial charge in [-0.2, -0.15) is 0 Å². The van der Waals surface area contributed by atoms with Crippen LogP contribution in [-0.4, -0.2) is 0 Å². The van der Waals surface area contributed by atoms with Gasteiger partial charge in [-0.25, -0.2) is 0 Å². The molecule has 262 valence electrons. The molecule has 0 heterocycles. The van der Waals surface area contributed by atoms with Gasteiger partial charge in [-0.05, 0) is 147 Å². The van der Waals surface area contributed by atoms with Gasteiger partial charge >= 0.3 is 0 Å². The lowest BCUT2D eigenvalue weighted by Gasteiger charge is -2.50. The van der Waals surface area contributed by atoms with Crippen molar-refractivity contribution in [1.29, 1.82) is 0 Å². The zero-order valence-corrected chi connectivity index (χ0v) is 32.4. The van der Waals surface area contributed by atoms with E-state index in [0.717, 1.165) is 6.42 Å². The van der Waals surface area contributed by atoms with Gasteiger partial charge in [0.15, 0.2) is 0 Å². The van der Waals surface area contributed by atoms with Crippen molar-refractivity contribution in [3.63, 3.8) is 0 Å². The first-order valence-electron chi connectivity index (χ1n) is 20.8. The van der Waals surface area contributed by atoms with Gasteiger partial charge in [0.05, 0.1) is 0 Å². The fourth-order valence-electron chi connectivity index (χ4n) is 12.5. The van der Waals surface area contributed by atoms with Crippen LogP contribution >= 0.6 is 0 Å². The molecule has 0 nitrogen and oxygen atoms in total. The number of hydrogen-bond donors (Lipinski definition) is 0. The summed E-state index contributed by atoms with van der Waals surface area (Å²) in [6.07, 6.45) is 18.4. The summed E-state index contributed by atoms with van der Waals surface area (Å²) in [4.78, 5) is 0. The van der Waals surface area contributed by atoms with Crippen molar-refractivity contribution < 1.29 is 0 Å². The SMILES string of the molecule is CCC(CC)C1=CC2(c3ccc4c(c3-c3cc(C)c5ccccc5c32)C(C)(C)C2=C4Cc3ccccc32)C(C2CCCCC2)C(C(CC)CC)=C1. The summed E-state index contributed by atoms with van der Waals surface area (Å²) in [5, 5.41) is 2.93. The van der Waals surface area contributed by atoms with Crippen molar-refractivity contribution in [3.05, 3.63) is 129 Å². The lowest BCUT2D eigenvalue weighted by molar-refractivity contribution is 0.210. The first kappa shape index (κ1) is 33.2. The second kappa shape index (κ2) is 12.2. The minimum absolute atomic E-state index is 0.0735. The predicted octanol–water partition coefficient (Wildman–Crippen LogP) is 14.1. The number of fused-ring (bicyclic) bond motifs is 12. The molecule has 1 fully saturated rings. The molecule has 5 aliphatic carbocycles. The molecule has 0 N–H and O–H groups in total. The highest BCUT2D eigenvalue weighted by Gasteiger charge is 2.57. The standard InChI is InChI=1S/C51H58/c1-8-32(9-2)36-29-41(33(10-3)11-4)46(34-19-13-12-14-20-34)51(30-36)44-26-25-40-42-28-35-21-15-16-23-38(35)47(42)50(6,7)49(40)45(44)43-27-31(5)37-22-17-18-24-39(37)48(43)51/h15-18,21-27,29-30,32-34,46H,8-14,19-20,28H2,1-7H3. The van der Waals surface area contributed by atoms with Crippen molar-refractivity contribution >= 4 is 21.9 Å². The van der Waals surface area contributed by atoms with Gasteiger partial charge in [-0.15, -0.1) is 0 Å². The number of aryl methyl sites for hydroxylation is 1. The van der Waals surface area contributed by atoms with Gasteiger partial charge in [0, 0.05) is 16.7 Å². The van der Waals surface area contributed by atoms with Gasteiger partial charge in [0.2, 0.25) is 0 Å². The Morgan fingerprint density at radius 1 is 0.706 bits per heavy atom. The van der Waals surface area contributed by atoms with E-state index < -0.39 is 0 Å². The molecule has 1 spiro atoms. The van der Waals surface area contributed by atoms with E-state index in [4.69, 9.17) is 0 Å². The molecule has 0 bridgehead atoms. The van der Waals surface area contributed by atoms with Gasteiger partial charge < -0.3 is 0 Å². The minimum atomic E-state index is -0.180. The average molecular weight is 671 g/mol. The Labute approximate surface area is 308 Å². The fraction of sp³-hybridized carbons (Fsp3) is 0.451. The topological polar surface area (TPSA) is 0 Å². The van der Waals surface area contributed by atoms with Crippen LogP contribution < -0.4 is 0 Å². The molecule has 1 saturated carbocycles. The van der Waals surface area contributed by atoms with E-state index in [9.17, 15) is 0 Å². The monoisotopic (exact) mass is 670 g/mol. The minimum Gasteiger partial charge on any atom is -0.0654 e. The third-order valence-corrected chi connectivity index (χ3v) is 14.7. The van der Waals surface area contributed by atoms with Gasteiger partial charge in [-0.1, -0.05) is 145 Å². The fourth-order valence-corrected chi connectivity index (χ4v) is 12.5. The van der Waals surface area contributed by atoms with E-state index in [0.29, 0.717) is 23.7 Å². The van der Waals surface area contributed by atoms with Crippen LogP contribution in [0.15, 0.2) is 90.0 Å². The summed E-state index contributed by atoms with van der Waals surface area (Å²) in [6.45, 7) is 17.3. The largest absolute Gasteiger partial charge is 0.0654 e. The zero-order chi connectivity index (χ0) is 35.2. The lowest BCUT2D eigenvalue weighted by Crippen LogP contribution is -2.43. The first-order valence-corrected chi connectivity index (χ1v) is 20.8. The quantitative estimate of drug-likeness (QED) is 0.184. The molecule has 0 radical (unpaired) electrons. The zero-order valence-electron chi connectivity index (χ0n) is 32.4. The summed E-state index contributed by atoms with van der Waals surface area (Å²) < 4.78 is 0. The van der Waals surface area contributed by atoms with Crippen molar-refractivity contribution in [1.82, 2.24) is 0 Å². The van der Waals surface area contributed by atoms with E-state index in [1.165, 1.54) is 96.4 Å². The highest BCUT2D eigenvalue weighted by Crippen LogP contribution is 2.68. The van der Waals surface area contributed by atoms with Crippen molar-refractivity contribution in [2.24, 2.45) is 23.7 Å². The Bertz CT molecular complexity index is 2150. The van der Waals surface area contributed by atoms with Gasteiger partial charge in [-0.3, -0.25) is 0 Å². The summed E-state index contributed by atoms with van der Waals surface area (Å²) in [6, 6.07) is 26.6. The van der Waals surface area contributed by atoms with Crippen LogP contribution in [-0.2, 0) is 17.3 Å². The van der Waals surface area contributed by atoms with Crippen molar-refractivity contribution in [3.8, 4) is 11.1 Å². The highest BCUT2D eigenvalue weighted by atomic mass is 14.6. The molecule has 2 atom stereocenters. The lowest BCUT2D eigenvalue weighted by atomic mass is 9.53. The molecule has 0 aliphatic heterocycles. The summed E-state index contributed by atoms with van der Waals surface area (Å²) in [7, 11) is 0. The summed E-state index contributed by atoms with van der Waals surface area (Å²) in [5.74, 6) is 2.37. The van der Waals surface area contributed by atoms with Crippen LogP contribution in [0.5, 0.6) is 0 Å². The van der Waals surface area contributed by atoms with E-state index in [1.54, 1.807) is 44.5 Å². The second-order valence-electron chi connectivity index (χ2n) is 17.4. The molecule has 0 aromatic heterocycles. The molecule has 4 aromatic rings. The molecule has 0 heteroatoms. The molecule has 4 aromatic carbocycles. The van der Waals surface area contributed by atoms with E-state index in [2.05, 4.69) is 127 Å². The number of rotatable bonds is 7. The van der Waals surface area contributed by atoms with Crippen LogP contribution in [0.25, 0.3) is 33.0 Å². The normalized spacial score (nSPS) is 23.1. The first-order chi connectivity index (χ1) is 24.8. The number of allylic oxidation sites excluding steroid dienone is 6.